The number of nitrogens with one attached hydrogen (secondary N) is 1. The van der Waals surface area contributed by atoms with Crippen LogP contribution in [0.3, 0.4) is 0 Å². The van der Waals surface area contributed by atoms with Crippen LogP contribution >= 0.6 is 0 Å². The van der Waals surface area contributed by atoms with Gasteiger partial charge in [0.05, 0.1) is 18.8 Å². The molecule has 0 amide bonds. The van der Waals surface area contributed by atoms with Gasteiger partial charge >= 0.3 is 0 Å². The van der Waals surface area contributed by atoms with E-state index in [-0.39, 0.29) is 23.9 Å². The van der Waals surface area contributed by atoms with Crippen LogP contribution in [0, 0.1) is 11.7 Å². The average molecular weight is 309 g/mol. The van der Waals surface area contributed by atoms with Gasteiger partial charge in [-0.2, -0.15) is 0 Å². The average Bonchev–Trinajstić information content (AvgIpc) is 2.52. The lowest BCUT2D eigenvalue weighted by Crippen LogP contribution is -2.64. The quantitative estimate of drug-likeness (QED) is 0.897. The van der Waals surface area contributed by atoms with E-state index in [4.69, 9.17) is 9.47 Å². The summed E-state index contributed by atoms with van der Waals surface area (Å²) in [5, 5.41) is 14.6. The smallest absolute Gasteiger partial charge is 0.123 e. The molecule has 1 heterocycles. The van der Waals surface area contributed by atoms with Crippen molar-refractivity contribution >= 4 is 5.69 Å². The molecular formula is C17H24FNO3. The van der Waals surface area contributed by atoms with Crippen molar-refractivity contribution in [1.29, 1.82) is 0 Å². The zero-order valence-corrected chi connectivity index (χ0v) is 12.9. The summed E-state index contributed by atoms with van der Waals surface area (Å²) in [7, 11) is 1.69. The molecule has 2 aliphatic rings. The molecule has 1 aliphatic heterocycles. The molecule has 1 saturated heterocycles. The summed E-state index contributed by atoms with van der Waals surface area (Å²) in [5.41, 5.74) is -0.0667. The van der Waals surface area contributed by atoms with Crippen LogP contribution in [0.1, 0.15) is 25.7 Å². The molecule has 2 fully saturated rings. The SMILES string of the molecule is COCC1CC[C@H](Nc2ccc(F)cc2)C2(O)CCCOC12. The molecule has 1 aliphatic carbocycles. The van der Waals surface area contributed by atoms with E-state index >= 15 is 0 Å². The lowest BCUT2D eigenvalue weighted by atomic mass is 9.69. The Morgan fingerprint density at radius 1 is 1.36 bits per heavy atom. The summed E-state index contributed by atoms with van der Waals surface area (Å²) in [6.07, 6.45) is 3.17. The summed E-state index contributed by atoms with van der Waals surface area (Å²) in [4.78, 5) is 0. The first-order valence-electron chi connectivity index (χ1n) is 7.98. The van der Waals surface area contributed by atoms with Crippen molar-refractivity contribution in [3.63, 3.8) is 0 Å². The molecule has 0 aromatic heterocycles. The van der Waals surface area contributed by atoms with E-state index in [2.05, 4.69) is 5.32 Å². The molecule has 0 bridgehead atoms. The van der Waals surface area contributed by atoms with Crippen molar-refractivity contribution in [1.82, 2.24) is 0 Å². The highest BCUT2D eigenvalue weighted by molar-refractivity contribution is 5.45. The van der Waals surface area contributed by atoms with E-state index in [1.807, 2.05) is 0 Å². The van der Waals surface area contributed by atoms with Crippen LogP contribution in [0.2, 0.25) is 0 Å². The number of fused-ring (bicyclic) bond motifs is 1. The van der Waals surface area contributed by atoms with Gasteiger partial charge < -0.3 is 19.9 Å². The zero-order valence-electron chi connectivity index (χ0n) is 12.9. The third kappa shape index (κ3) is 2.98. The van der Waals surface area contributed by atoms with Gasteiger partial charge in [-0.15, -0.1) is 0 Å². The highest BCUT2D eigenvalue weighted by Crippen LogP contribution is 2.42. The van der Waals surface area contributed by atoms with Gasteiger partial charge in [0.25, 0.3) is 0 Å². The molecule has 3 rings (SSSR count). The number of halogens is 1. The molecule has 4 atom stereocenters. The molecule has 1 aromatic rings. The maximum absolute atomic E-state index is 13.0. The Kier molecular flexibility index (Phi) is 4.66. The molecule has 122 valence electrons. The topological polar surface area (TPSA) is 50.7 Å². The summed E-state index contributed by atoms with van der Waals surface area (Å²) < 4.78 is 24.2. The Labute approximate surface area is 130 Å². The lowest BCUT2D eigenvalue weighted by molar-refractivity contribution is -0.196. The van der Waals surface area contributed by atoms with Crippen LogP contribution in [0.25, 0.3) is 0 Å². The fraction of sp³-hybridized carbons (Fsp3) is 0.647. The van der Waals surface area contributed by atoms with Crippen LogP contribution in [-0.4, -0.2) is 43.2 Å². The number of methoxy groups -OCH3 is 1. The van der Waals surface area contributed by atoms with Gasteiger partial charge in [-0.3, -0.25) is 0 Å². The van der Waals surface area contributed by atoms with E-state index in [0.29, 0.717) is 13.2 Å². The largest absolute Gasteiger partial charge is 0.385 e. The molecule has 0 spiro atoms. The first kappa shape index (κ1) is 15.7. The fourth-order valence-electron chi connectivity index (χ4n) is 3.88. The Bertz CT molecular complexity index is 495. The van der Waals surface area contributed by atoms with Gasteiger partial charge in [0.2, 0.25) is 0 Å². The third-order valence-electron chi connectivity index (χ3n) is 4.94. The first-order chi connectivity index (χ1) is 10.6. The minimum Gasteiger partial charge on any atom is -0.385 e. The summed E-state index contributed by atoms with van der Waals surface area (Å²) in [6, 6.07) is 6.18. The van der Waals surface area contributed by atoms with Crippen molar-refractivity contribution < 1.29 is 19.0 Å². The number of rotatable bonds is 4. The van der Waals surface area contributed by atoms with E-state index in [1.54, 1.807) is 19.2 Å². The van der Waals surface area contributed by atoms with Crippen LogP contribution in [0.15, 0.2) is 24.3 Å². The predicted molar refractivity (Wildman–Crippen MR) is 82.3 cm³/mol. The maximum atomic E-state index is 13.0. The molecule has 5 heteroatoms. The molecule has 1 aromatic carbocycles. The normalized spacial score (nSPS) is 35.0. The zero-order chi connectivity index (χ0) is 15.6. The van der Waals surface area contributed by atoms with Crippen LogP contribution in [0.4, 0.5) is 10.1 Å². The molecule has 1 saturated carbocycles. The Balaban J connectivity index is 1.78. The summed E-state index contributed by atoms with van der Waals surface area (Å²) in [6.45, 7) is 1.30. The standard InChI is InChI=1S/C17H24FNO3/c1-21-11-12-3-8-15(17(20)9-2-10-22-16(12)17)19-14-6-4-13(18)5-7-14/h4-7,12,15-16,19-20H,2-3,8-11H2,1H3/t12?,15-,16?,17?/m0/s1. The van der Waals surface area contributed by atoms with E-state index in [9.17, 15) is 9.50 Å². The Morgan fingerprint density at radius 2 is 2.14 bits per heavy atom. The van der Waals surface area contributed by atoms with Gasteiger partial charge in [0, 0.05) is 25.3 Å². The number of hydrogen-bond donors (Lipinski definition) is 2. The van der Waals surface area contributed by atoms with Gasteiger partial charge in [-0.25, -0.2) is 4.39 Å². The van der Waals surface area contributed by atoms with Crippen molar-refractivity contribution in [2.24, 2.45) is 5.92 Å². The predicted octanol–water partition coefficient (Wildman–Crippen LogP) is 2.57. The highest BCUT2D eigenvalue weighted by atomic mass is 19.1. The number of aliphatic hydroxyl groups is 1. The van der Waals surface area contributed by atoms with Crippen LogP contribution in [-0.2, 0) is 9.47 Å². The molecule has 2 N–H and O–H groups in total. The van der Waals surface area contributed by atoms with Crippen molar-refractivity contribution in [2.75, 3.05) is 25.6 Å². The van der Waals surface area contributed by atoms with Gasteiger partial charge in [-0.05, 0) is 49.9 Å². The lowest BCUT2D eigenvalue weighted by Gasteiger charge is -2.51. The van der Waals surface area contributed by atoms with E-state index in [1.165, 1.54) is 12.1 Å². The van der Waals surface area contributed by atoms with Gasteiger partial charge in [0.1, 0.15) is 11.4 Å². The maximum Gasteiger partial charge on any atom is 0.123 e. The third-order valence-corrected chi connectivity index (χ3v) is 4.94. The summed E-state index contributed by atoms with van der Waals surface area (Å²) >= 11 is 0. The first-order valence-corrected chi connectivity index (χ1v) is 7.98. The minimum atomic E-state index is -0.895. The molecule has 4 nitrogen and oxygen atoms in total. The van der Waals surface area contributed by atoms with Crippen LogP contribution in [0.5, 0.6) is 0 Å². The van der Waals surface area contributed by atoms with Crippen molar-refractivity contribution in [3.8, 4) is 0 Å². The monoisotopic (exact) mass is 309 g/mol. The fourth-order valence-corrected chi connectivity index (χ4v) is 3.88. The van der Waals surface area contributed by atoms with Gasteiger partial charge in [-0.1, -0.05) is 0 Å². The van der Waals surface area contributed by atoms with Gasteiger partial charge in [0.15, 0.2) is 0 Å². The molecule has 3 unspecified atom stereocenters. The Morgan fingerprint density at radius 3 is 2.86 bits per heavy atom. The second-order valence-corrected chi connectivity index (χ2v) is 6.38. The van der Waals surface area contributed by atoms with Crippen LogP contribution < -0.4 is 5.32 Å². The van der Waals surface area contributed by atoms with E-state index < -0.39 is 5.60 Å². The number of ether oxygens (including phenoxy) is 2. The van der Waals surface area contributed by atoms with E-state index in [0.717, 1.165) is 31.4 Å². The minimum absolute atomic E-state index is 0.0867. The molecule has 22 heavy (non-hydrogen) atoms. The van der Waals surface area contributed by atoms with Crippen molar-refractivity contribution in [2.45, 2.75) is 43.4 Å². The number of anilines is 1. The molecule has 0 radical (unpaired) electrons. The van der Waals surface area contributed by atoms with Crippen molar-refractivity contribution in [3.05, 3.63) is 30.1 Å². The second kappa shape index (κ2) is 6.52. The Hall–Kier alpha value is -1.17. The second-order valence-electron chi connectivity index (χ2n) is 6.38. The summed E-state index contributed by atoms with van der Waals surface area (Å²) in [5.74, 6) is -0.0338. The number of hydrogen-bond acceptors (Lipinski definition) is 4. The highest BCUT2D eigenvalue weighted by Gasteiger charge is 2.52. The number of benzene rings is 1. The molecular weight excluding hydrogens is 285 g/mol.